The summed E-state index contributed by atoms with van der Waals surface area (Å²) in [6.07, 6.45) is 1.50. The van der Waals surface area contributed by atoms with Gasteiger partial charge in [0.05, 0.1) is 22.6 Å². The molecule has 2 aromatic carbocycles. The van der Waals surface area contributed by atoms with Gasteiger partial charge in [-0.2, -0.15) is 0 Å². The number of nitrogens with zero attached hydrogens (tertiary/aromatic N) is 1. The van der Waals surface area contributed by atoms with Gasteiger partial charge in [-0.25, -0.2) is 9.37 Å². The normalized spacial score (nSPS) is 10.4. The standard InChI is InChI=1S/C18H12Cl2FN3O/c19-12-3-7-15(20)16(9-12)24-17-8-6-14(10-22-17)23-18(25)11-1-4-13(21)5-2-11/h1-10H,(H,22,24)(H,23,25). The van der Waals surface area contributed by atoms with Crippen LogP contribution < -0.4 is 10.6 Å². The first-order valence-electron chi connectivity index (χ1n) is 7.26. The molecule has 4 nitrogen and oxygen atoms in total. The van der Waals surface area contributed by atoms with Gasteiger partial charge in [-0.05, 0) is 54.6 Å². The summed E-state index contributed by atoms with van der Waals surface area (Å²) in [5.74, 6) is -0.197. The first-order chi connectivity index (χ1) is 12.0. The van der Waals surface area contributed by atoms with Crippen LogP contribution in [0.5, 0.6) is 0 Å². The first-order valence-corrected chi connectivity index (χ1v) is 8.02. The third kappa shape index (κ3) is 4.47. The van der Waals surface area contributed by atoms with E-state index in [1.807, 2.05) is 0 Å². The maximum atomic E-state index is 12.9. The molecule has 0 saturated carbocycles. The van der Waals surface area contributed by atoms with Gasteiger partial charge in [-0.15, -0.1) is 0 Å². The van der Waals surface area contributed by atoms with Crippen molar-refractivity contribution < 1.29 is 9.18 Å². The number of pyridine rings is 1. The Morgan fingerprint density at radius 2 is 1.76 bits per heavy atom. The molecule has 3 aromatic rings. The number of nitrogens with one attached hydrogen (secondary N) is 2. The van der Waals surface area contributed by atoms with Crippen LogP contribution in [0.2, 0.25) is 10.0 Å². The lowest BCUT2D eigenvalue weighted by molar-refractivity contribution is 0.102. The number of anilines is 3. The zero-order valence-corrected chi connectivity index (χ0v) is 14.3. The molecule has 0 saturated heterocycles. The number of hydrogen-bond donors (Lipinski definition) is 2. The van der Waals surface area contributed by atoms with Crippen LogP contribution in [0.15, 0.2) is 60.8 Å². The third-order valence-corrected chi connectivity index (χ3v) is 3.88. The second-order valence-corrected chi connectivity index (χ2v) is 5.99. The molecule has 0 aliphatic rings. The second-order valence-electron chi connectivity index (χ2n) is 5.14. The van der Waals surface area contributed by atoms with E-state index < -0.39 is 5.82 Å². The van der Waals surface area contributed by atoms with Gasteiger partial charge in [0.1, 0.15) is 11.6 Å². The van der Waals surface area contributed by atoms with E-state index in [-0.39, 0.29) is 5.91 Å². The molecule has 0 aliphatic heterocycles. The van der Waals surface area contributed by atoms with E-state index in [4.69, 9.17) is 23.2 Å². The van der Waals surface area contributed by atoms with Crippen LogP contribution in [0.25, 0.3) is 0 Å². The Balaban J connectivity index is 1.68. The molecule has 0 fully saturated rings. The van der Waals surface area contributed by atoms with Crippen LogP contribution in [-0.2, 0) is 0 Å². The van der Waals surface area contributed by atoms with Crippen molar-refractivity contribution in [2.75, 3.05) is 10.6 Å². The predicted octanol–water partition coefficient (Wildman–Crippen LogP) is 5.52. The summed E-state index contributed by atoms with van der Waals surface area (Å²) in [6.45, 7) is 0. The molecular formula is C18H12Cl2FN3O. The molecular weight excluding hydrogens is 364 g/mol. The van der Waals surface area contributed by atoms with Gasteiger partial charge in [0.25, 0.3) is 5.91 Å². The Hall–Kier alpha value is -2.63. The van der Waals surface area contributed by atoms with Gasteiger partial charge in [-0.1, -0.05) is 23.2 Å². The van der Waals surface area contributed by atoms with Crippen molar-refractivity contribution in [3.8, 4) is 0 Å². The molecule has 3 rings (SSSR count). The SMILES string of the molecule is O=C(Nc1ccc(Nc2cc(Cl)ccc2Cl)nc1)c1ccc(F)cc1. The van der Waals surface area contributed by atoms with Crippen LogP contribution in [0.1, 0.15) is 10.4 Å². The van der Waals surface area contributed by atoms with Crippen molar-refractivity contribution in [1.82, 2.24) is 4.98 Å². The summed E-state index contributed by atoms with van der Waals surface area (Å²) >= 11 is 12.0. The van der Waals surface area contributed by atoms with Gasteiger partial charge in [0.15, 0.2) is 0 Å². The molecule has 126 valence electrons. The van der Waals surface area contributed by atoms with E-state index >= 15 is 0 Å². The van der Waals surface area contributed by atoms with E-state index in [1.165, 1.54) is 30.5 Å². The maximum absolute atomic E-state index is 12.9. The fraction of sp³-hybridized carbons (Fsp3) is 0. The average Bonchev–Trinajstić information content (AvgIpc) is 2.60. The van der Waals surface area contributed by atoms with Crippen LogP contribution in [0.4, 0.5) is 21.6 Å². The van der Waals surface area contributed by atoms with Crippen LogP contribution in [0.3, 0.4) is 0 Å². The number of amides is 1. The molecule has 0 unspecified atom stereocenters. The van der Waals surface area contributed by atoms with Gasteiger partial charge in [0, 0.05) is 10.6 Å². The maximum Gasteiger partial charge on any atom is 0.255 e. The van der Waals surface area contributed by atoms with E-state index in [2.05, 4.69) is 15.6 Å². The topological polar surface area (TPSA) is 54.0 Å². The molecule has 1 heterocycles. The molecule has 1 aromatic heterocycles. The summed E-state index contributed by atoms with van der Waals surface area (Å²) in [4.78, 5) is 16.3. The molecule has 0 bridgehead atoms. The van der Waals surface area contributed by atoms with Crippen molar-refractivity contribution in [1.29, 1.82) is 0 Å². The second kappa shape index (κ2) is 7.51. The Morgan fingerprint density at radius 3 is 2.44 bits per heavy atom. The number of carbonyl (C=O) groups excluding carboxylic acids is 1. The Morgan fingerprint density at radius 1 is 1.00 bits per heavy atom. The van der Waals surface area contributed by atoms with E-state index in [1.54, 1.807) is 30.3 Å². The predicted molar refractivity (Wildman–Crippen MR) is 98.3 cm³/mol. The van der Waals surface area contributed by atoms with Crippen molar-refractivity contribution in [2.45, 2.75) is 0 Å². The fourth-order valence-corrected chi connectivity index (χ4v) is 2.41. The minimum atomic E-state index is -0.395. The number of benzene rings is 2. The summed E-state index contributed by atoms with van der Waals surface area (Å²) in [6, 6.07) is 13.7. The van der Waals surface area contributed by atoms with Crippen molar-refractivity contribution >= 4 is 46.3 Å². The lowest BCUT2D eigenvalue weighted by Crippen LogP contribution is -2.12. The summed E-state index contributed by atoms with van der Waals surface area (Å²) in [5.41, 5.74) is 1.50. The first kappa shape index (κ1) is 17.2. The van der Waals surface area contributed by atoms with Crippen LogP contribution >= 0.6 is 23.2 Å². The van der Waals surface area contributed by atoms with Gasteiger partial charge in [0.2, 0.25) is 0 Å². The van der Waals surface area contributed by atoms with Crippen molar-refractivity contribution in [2.24, 2.45) is 0 Å². The minimum Gasteiger partial charge on any atom is -0.339 e. The highest BCUT2D eigenvalue weighted by Gasteiger charge is 2.07. The van der Waals surface area contributed by atoms with E-state index in [0.29, 0.717) is 32.8 Å². The highest BCUT2D eigenvalue weighted by atomic mass is 35.5. The molecule has 1 amide bonds. The highest BCUT2D eigenvalue weighted by molar-refractivity contribution is 6.35. The summed E-state index contributed by atoms with van der Waals surface area (Å²) in [7, 11) is 0. The van der Waals surface area contributed by atoms with Crippen molar-refractivity contribution in [3.63, 3.8) is 0 Å². The van der Waals surface area contributed by atoms with Gasteiger partial charge >= 0.3 is 0 Å². The Kier molecular flexibility index (Phi) is 5.16. The van der Waals surface area contributed by atoms with E-state index in [9.17, 15) is 9.18 Å². The summed E-state index contributed by atoms with van der Waals surface area (Å²) < 4.78 is 12.9. The lowest BCUT2D eigenvalue weighted by atomic mass is 10.2. The minimum absolute atomic E-state index is 0.347. The molecule has 0 spiro atoms. The lowest BCUT2D eigenvalue weighted by Gasteiger charge is -2.09. The Labute approximate surface area is 153 Å². The van der Waals surface area contributed by atoms with Crippen LogP contribution in [-0.4, -0.2) is 10.9 Å². The number of halogens is 3. The largest absolute Gasteiger partial charge is 0.339 e. The number of aromatic nitrogens is 1. The van der Waals surface area contributed by atoms with Gasteiger partial charge < -0.3 is 10.6 Å². The molecule has 0 radical (unpaired) electrons. The fourth-order valence-electron chi connectivity index (χ4n) is 2.08. The molecule has 0 atom stereocenters. The average molecular weight is 376 g/mol. The van der Waals surface area contributed by atoms with Crippen molar-refractivity contribution in [3.05, 3.63) is 82.2 Å². The molecule has 25 heavy (non-hydrogen) atoms. The molecule has 7 heteroatoms. The number of hydrogen-bond acceptors (Lipinski definition) is 3. The zero-order chi connectivity index (χ0) is 17.8. The third-order valence-electron chi connectivity index (χ3n) is 3.32. The Bertz CT molecular complexity index is 899. The van der Waals surface area contributed by atoms with Gasteiger partial charge in [-0.3, -0.25) is 4.79 Å². The monoisotopic (exact) mass is 375 g/mol. The highest BCUT2D eigenvalue weighted by Crippen LogP contribution is 2.28. The number of rotatable bonds is 4. The quantitative estimate of drug-likeness (QED) is 0.630. The van der Waals surface area contributed by atoms with Crippen LogP contribution in [0, 0.1) is 5.82 Å². The summed E-state index contributed by atoms with van der Waals surface area (Å²) in [5, 5.41) is 6.80. The number of carbonyl (C=O) groups is 1. The molecule has 0 aliphatic carbocycles. The van der Waals surface area contributed by atoms with E-state index in [0.717, 1.165) is 0 Å². The smallest absolute Gasteiger partial charge is 0.255 e. The zero-order valence-electron chi connectivity index (χ0n) is 12.8. The molecule has 2 N–H and O–H groups in total.